The van der Waals surface area contributed by atoms with Gasteiger partial charge in [-0.15, -0.1) is 0 Å². The molecule has 10 nitrogen and oxygen atoms in total. The van der Waals surface area contributed by atoms with Gasteiger partial charge >= 0.3 is 0 Å². The summed E-state index contributed by atoms with van der Waals surface area (Å²) in [7, 11) is 8.63. The van der Waals surface area contributed by atoms with E-state index >= 15 is 0 Å². The minimum atomic E-state index is -1.18. The molecule has 1 aromatic carbocycles. The number of aromatic hydroxyl groups is 1. The SMILES string of the molecule is [B]C(=O)CCC(=O)Nc1ccc2c(c1O)C(O)=C1C(=O)C3C(=O)C(C(N)=O)=C[C@@H](N(C)C)[C@@H]3C[C@@H]1C2. The molecule has 3 aliphatic rings. The lowest BCUT2D eigenvalue weighted by Crippen LogP contribution is -2.53. The number of phenolic OH excluding ortho intramolecular Hbond substituents is 1. The average Bonchev–Trinajstić information content (AvgIpc) is 2.78. The standard InChI is InChI=1S/C25H26BN3O7/c1-29(2)15-9-13(25(27)36)21(32)20-12(15)8-11-7-10-3-4-14(28-17(31)6-5-16(26)30)22(33)18(10)23(34)19(11)24(20)35/h3-4,9,11-12,15,20,33-34H,5-8H2,1-2H3,(H2,27,36)(H,28,31)/t11-,12-,15+,20?/m0/s1. The fraction of sp³-hybridized carbons (Fsp3) is 0.400. The molecule has 36 heavy (non-hydrogen) atoms. The van der Waals surface area contributed by atoms with Crippen molar-refractivity contribution in [1.29, 1.82) is 0 Å². The highest BCUT2D eigenvalue weighted by Crippen LogP contribution is 2.50. The molecule has 0 aliphatic heterocycles. The third kappa shape index (κ3) is 4.23. The number of allylic oxidation sites excluding steroid dienone is 1. The monoisotopic (exact) mass is 491 g/mol. The van der Waals surface area contributed by atoms with Gasteiger partial charge in [-0.1, -0.05) is 12.1 Å². The largest absolute Gasteiger partial charge is 0.507 e. The van der Waals surface area contributed by atoms with Crippen molar-refractivity contribution in [2.24, 2.45) is 23.5 Å². The summed E-state index contributed by atoms with van der Waals surface area (Å²) in [5.74, 6) is -5.63. The molecule has 2 radical (unpaired) electrons. The number of likely N-dealkylation sites (N-methyl/N-ethyl adjacent to an activating group) is 1. The Balaban J connectivity index is 1.73. The summed E-state index contributed by atoms with van der Waals surface area (Å²) in [6.45, 7) is 0. The molecule has 5 N–H and O–H groups in total. The summed E-state index contributed by atoms with van der Waals surface area (Å²) in [6.07, 6.45) is 1.89. The smallest absolute Gasteiger partial charge is 0.252 e. The molecule has 0 aromatic heterocycles. The number of rotatable bonds is 6. The lowest BCUT2D eigenvalue weighted by molar-refractivity contribution is -0.135. The number of nitrogens with zero attached hydrogens (tertiary/aromatic N) is 1. The van der Waals surface area contributed by atoms with Crippen LogP contribution in [0.5, 0.6) is 5.75 Å². The normalized spacial score (nSPS) is 25.0. The van der Waals surface area contributed by atoms with E-state index in [4.69, 9.17) is 13.6 Å². The Morgan fingerprint density at radius 2 is 1.83 bits per heavy atom. The number of hydrogen-bond acceptors (Lipinski definition) is 8. The van der Waals surface area contributed by atoms with Crippen molar-refractivity contribution in [3.8, 4) is 5.75 Å². The van der Waals surface area contributed by atoms with Crippen molar-refractivity contribution in [2.75, 3.05) is 19.4 Å². The van der Waals surface area contributed by atoms with Gasteiger partial charge in [0.05, 0.1) is 28.4 Å². The van der Waals surface area contributed by atoms with E-state index in [1.807, 2.05) is 4.90 Å². The van der Waals surface area contributed by atoms with Crippen LogP contribution in [0, 0.1) is 17.8 Å². The first kappa shape index (κ1) is 25.4. The number of carbonyl (C=O) groups excluding carboxylic acids is 5. The molecular weight excluding hydrogens is 465 g/mol. The first-order valence-electron chi connectivity index (χ1n) is 11.5. The maximum absolute atomic E-state index is 13.7. The summed E-state index contributed by atoms with van der Waals surface area (Å²) in [4.78, 5) is 63.6. The molecule has 0 spiro atoms. The Morgan fingerprint density at radius 1 is 1.14 bits per heavy atom. The molecule has 186 valence electrons. The van der Waals surface area contributed by atoms with Gasteiger partial charge in [0.1, 0.15) is 11.5 Å². The van der Waals surface area contributed by atoms with Crippen LogP contribution in [0.3, 0.4) is 0 Å². The average molecular weight is 491 g/mol. The summed E-state index contributed by atoms with van der Waals surface area (Å²) in [5, 5.41) is 24.5. The second-order valence-electron chi connectivity index (χ2n) is 9.68. The topological polar surface area (TPSA) is 167 Å². The first-order valence-corrected chi connectivity index (χ1v) is 11.5. The third-order valence-electron chi connectivity index (χ3n) is 7.22. The van der Waals surface area contributed by atoms with Crippen LogP contribution < -0.4 is 11.1 Å². The van der Waals surface area contributed by atoms with Crippen LogP contribution in [-0.4, -0.2) is 72.2 Å². The molecule has 1 unspecified atom stereocenters. The number of ketones is 2. The number of carbonyl (C=O) groups is 5. The van der Waals surface area contributed by atoms with Gasteiger partial charge in [0.15, 0.2) is 19.4 Å². The lowest BCUT2D eigenvalue weighted by Gasteiger charge is -2.45. The van der Waals surface area contributed by atoms with Gasteiger partial charge in [0.2, 0.25) is 5.91 Å². The van der Waals surface area contributed by atoms with Crippen molar-refractivity contribution in [2.45, 2.75) is 31.7 Å². The highest BCUT2D eigenvalue weighted by atomic mass is 16.3. The van der Waals surface area contributed by atoms with Gasteiger partial charge in [-0.05, 0) is 50.4 Å². The Bertz CT molecular complexity index is 1270. The maximum Gasteiger partial charge on any atom is 0.252 e. The minimum Gasteiger partial charge on any atom is -0.507 e. The number of benzene rings is 1. The van der Waals surface area contributed by atoms with E-state index in [1.54, 1.807) is 20.2 Å². The van der Waals surface area contributed by atoms with E-state index in [0.29, 0.717) is 18.4 Å². The van der Waals surface area contributed by atoms with Gasteiger partial charge < -0.3 is 31.0 Å². The van der Waals surface area contributed by atoms with E-state index in [2.05, 4.69) is 5.32 Å². The van der Waals surface area contributed by atoms with E-state index in [1.165, 1.54) is 12.1 Å². The number of amides is 2. The number of phenols is 1. The van der Waals surface area contributed by atoms with Gasteiger partial charge in [0, 0.05) is 24.5 Å². The van der Waals surface area contributed by atoms with Crippen molar-refractivity contribution >= 4 is 48.4 Å². The number of Topliss-reactive ketones (excluding diaryl/α,β-unsaturated/α-hetero) is 2. The van der Waals surface area contributed by atoms with E-state index < -0.39 is 58.3 Å². The zero-order valence-electron chi connectivity index (χ0n) is 19.9. The van der Waals surface area contributed by atoms with Crippen LogP contribution in [-0.2, 0) is 30.4 Å². The molecule has 4 rings (SSSR count). The molecule has 3 aliphatic carbocycles. The Morgan fingerprint density at radius 3 is 2.44 bits per heavy atom. The molecule has 11 heteroatoms. The molecule has 1 saturated carbocycles. The number of hydrogen-bond donors (Lipinski definition) is 4. The number of aliphatic hydroxyl groups is 1. The summed E-state index contributed by atoms with van der Waals surface area (Å²) in [5.41, 5.74) is 5.13. The van der Waals surface area contributed by atoms with Crippen LogP contribution in [0.2, 0.25) is 0 Å². The molecule has 1 aromatic rings. The molecule has 1 fully saturated rings. The van der Waals surface area contributed by atoms with E-state index in [-0.39, 0.29) is 41.3 Å². The quantitative estimate of drug-likeness (QED) is 0.192. The Hall–Kier alpha value is -3.73. The second kappa shape index (κ2) is 9.38. The molecular formula is C25H26BN3O7. The summed E-state index contributed by atoms with van der Waals surface area (Å²) in [6, 6.07) is 2.75. The van der Waals surface area contributed by atoms with Crippen molar-refractivity contribution < 1.29 is 34.2 Å². The fourth-order valence-electron chi connectivity index (χ4n) is 5.59. The molecule has 0 saturated heterocycles. The van der Waals surface area contributed by atoms with Crippen molar-refractivity contribution in [3.05, 3.63) is 40.5 Å². The third-order valence-corrected chi connectivity index (χ3v) is 7.22. The van der Waals surface area contributed by atoms with Crippen LogP contribution in [0.15, 0.2) is 29.4 Å². The number of nitrogens with two attached hydrogens (primary N) is 1. The number of nitrogens with one attached hydrogen (secondary N) is 1. The zero-order valence-corrected chi connectivity index (χ0v) is 19.9. The highest BCUT2D eigenvalue weighted by molar-refractivity contribution is 6.57. The molecule has 0 bridgehead atoms. The van der Waals surface area contributed by atoms with Crippen LogP contribution >= 0.6 is 0 Å². The van der Waals surface area contributed by atoms with Gasteiger partial charge in [-0.25, -0.2) is 0 Å². The van der Waals surface area contributed by atoms with E-state index in [9.17, 15) is 34.2 Å². The minimum absolute atomic E-state index is 0.00108. The molecule has 2 amide bonds. The van der Waals surface area contributed by atoms with E-state index in [0.717, 1.165) is 0 Å². The Labute approximate surface area is 208 Å². The van der Waals surface area contributed by atoms with Crippen molar-refractivity contribution in [3.63, 3.8) is 0 Å². The predicted molar refractivity (Wildman–Crippen MR) is 130 cm³/mol. The van der Waals surface area contributed by atoms with Crippen molar-refractivity contribution in [1.82, 2.24) is 4.90 Å². The number of anilines is 1. The second-order valence-corrected chi connectivity index (χ2v) is 9.68. The van der Waals surface area contributed by atoms with Gasteiger partial charge in [-0.3, -0.25) is 19.2 Å². The van der Waals surface area contributed by atoms with Gasteiger partial charge in [0.25, 0.3) is 5.91 Å². The number of aliphatic hydroxyl groups excluding tert-OH is 1. The summed E-state index contributed by atoms with van der Waals surface area (Å²) < 4.78 is 0. The number of fused-ring (bicyclic) bond motifs is 3. The number of primary amides is 1. The predicted octanol–water partition coefficient (Wildman–Crippen LogP) is 0.377. The lowest BCUT2D eigenvalue weighted by atomic mass is 9.60. The highest BCUT2D eigenvalue weighted by Gasteiger charge is 2.53. The molecule has 4 atom stereocenters. The van der Waals surface area contributed by atoms with Gasteiger partial charge in [-0.2, -0.15) is 0 Å². The fourth-order valence-corrected chi connectivity index (χ4v) is 5.59. The van der Waals surface area contributed by atoms with Crippen LogP contribution in [0.25, 0.3) is 5.76 Å². The molecule has 0 heterocycles. The Kier molecular flexibility index (Phi) is 6.61. The first-order chi connectivity index (χ1) is 16.9. The summed E-state index contributed by atoms with van der Waals surface area (Å²) >= 11 is 0. The van der Waals surface area contributed by atoms with Crippen LogP contribution in [0.1, 0.15) is 30.4 Å². The van der Waals surface area contributed by atoms with Crippen LogP contribution in [0.4, 0.5) is 5.69 Å². The zero-order chi connectivity index (χ0) is 26.5. The maximum atomic E-state index is 13.7.